The zero-order valence-electron chi connectivity index (χ0n) is 16.4. The summed E-state index contributed by atoms with van der Waals surface area (Å²) in [7, 11) is 1.31. The van der Waals surface area contributed by atoms with Gasteiger partial charge in [0.15, 0.2) is 0 Å². The Morgan fingerprint density at radius 2 is 1.86 bits per heavy atom. The summed E-state index contributed by atoms with van der Waals surface area (Å²) in [4.78, 5) is 33.6. The Morgan fingerprint density at radius 1 is 1.18 bits per heavy atom. The van der Waals surface area contributed by atoms with Crippen LogP contribution in [0, 0.1) is 27.7 Å². The SMILES string of the molecule is COC(=O)c1sccc1NC(=O)Cc1c(C)nn(-c2nc(C)cc(C)n2)c1C. The number of hydrogen-bond acceptors (Lipinski definition) is 7. The molecule has 146 valence electrons. The molecule has 3 aromatic rings. The molecule has 28 heavy (non-hydrogen) atoms. The summed E-state index contributed by atoms with van der Waals surface area (Å²) in [5.41, 5.74) is 4.48. The molecule has 9 heteroatoms. The smallest absolute Gasteiger partial charge is 0.350 e. The summed E-state index contributed by atoms with van der Waals surface area (Å²) in [6, 6.07) is 3.57. The van der Waals surface area contributed by atoms with Crippen molar-refractivity contribution in [1.82, 2.24) is 19.7 Å². The first-order valence-corrected chi connectivity index (χ1v) is 9.51. The van der Waals surface area contributed by atoms with Crippen molar-refractivity contribution in [1.29, 1.82) is 0 Å². The average Bonchev–Trinajstić information content (AvgIpc) is 3.20. The largest absolute Gasteiger partial charge is 0.465 e. The van der Waals surface area contributed by atoms with Gasteiger partial charge in [0.25, 0.3) is 5.95 Å². The van der Waals surface area contributed by atoms with Gasteiger partial charge in [-0.2, -0.15) is 5.10 Å². The lowest BCUT2D eigenvalue weighted by Crippen LogP contribution is -2.17. The van der Waals surface area contributed by atoms with Gasteiger partial charge in [0.1, 0.15) is 4.88 Å². The Morgan fingerprint density at radius 3 is 2.50 bits per heavy atom. The molecule has 0 aliphatic rings. The molecule has 8 nitrogen and oxygen atoms in total. The van der Waals surface area contributed by atoms with Gasteiger partial charge in [-0.3, -0.25) is 4.79 Å². The second-order valence-electron chi connectivity index (χ2n) is 6.39. The molecule has 0 spiro atoms. The molecule has 3 aromatic heterocycles. The van der Waals surface area contributed by atoms with Crippen LogP contribution in [0.25, 0.3) is 5.95 Å². The third-order valence-corrected chi connectivity index (χ3v) is 5.14. The number of aryl methyl sites for hydroxylation is 3. The number of aromatic nitrogens is 4. The zero-order chi connectivity index (χ0) is 20.4. The number of nitrogens with one attached hydrogen (secondary N) is 1. The van der Waals surface area contributed by atoms with Crippen molar-refractivity contribution in [2.75, 3.05) is 12.4 Å². The molecule has 3 heterocycles. The highest BCUT2D eigenvalue weighted by atomic mass is 32.1. The molecule has 0 aliphatic carbocycles. The molecule has 0 unspecified atom stereocenters. The minimum Gasteiger partial charge on any atom is -0.465 e. The average molecular weight is 399 g/mol. The number of rotatable bonds is 5. The number of methoxy groups -OCH3 is 1. The van der Waals surface area contributed by atoms with E-state index in [0.29, 0.717) is 16.5 Å². The molecule has 0 radical (unpaired) electrons. The second-order valence-corrected chi connectivity index (χ2v) is 7.31. The van der Waals surface area contributed by atoms with Crippen LogP contribution in [0.1, 0.15) is 38.0 Å². The first kappa shape index (κ1) is 19.7. The monoisotopic (exact) mass is 399 g/mol. The number of nitrogens with zero attached hydrogens (tertiary/aromatic N) is 4. The Kier molecular flexibility index (Phi) is 5.55. The molecule has 0 aliphatic heterocycles. The van der Waals surface area contributed by atoms with Crippen LogP contribution in [0.2, 0.25) is 0 Å². The number of esters is 1. The molecule has 1 N–H and O–H groups in total. The van der Waals surface area contributed by atoms with E-state index in [1.807, 2.05) is 33.8 Å². The van der Waals surface area contributed by atoms with Gasteiger partial charge in [-0.1, -0.05) is 0 Å². The van der Waals surface area contributed by atoms with Crippen LogP contribution in [0.4, 0.5) is 5.69 Å². The molecule has 0 atom stereocenters. The number of anilines is 1. The number of hydrogen-bond donors (Lipinski definition) is 1. The van der Waals surface area contributed by atoms with Crippen molar-refractivity contribution in [2.24, 2.45) is 0 Å². The normalized spacial score (nSPS) is 10.8. The number of carbonyl (C=O) groups is 2. The topological polar surface area (TPSA) is 99.0 Å². The molecule has 3 rings (SSSR count). The number of amides is 1. The van der Waals surface area contributed by atoms with Crippen LogP contribution in [-0.2, 0) is 16.0 Å². The summed E-state index contributed by atoms with van der Waals surface area (Å²) >= 11 is 1.22. The standard InChI is InChI=1S/C19H21N5O3S/c1-10-8-11(2)21-19(20-10)24-13(4)14(12(3)23-24)9-16(25)22-15-6-7-28-17(15)18(26)27-5/h6-8H,9H2,1-5H3,(H,22,25). The fraction of sp³-hybridized carbons (Fsp3) is 0.316. The lowest BCUT2D eigenvalue weighted by Gasteiger charge is -2.07. The highest BCUT2D eigenvalue weighted by Crippen LogP contribution is 2.24. The molecule has 0 saturated carbocycles. The van der Waals surface area contributed by atoms with Gasteiger partial charge >= 0.3 is 5.97 Å². The van der Waals surface area contributed by atoms with E-state index in [-0.39, 0.29) is 12.3 Å². The van der Waals surface area contributed by atoms with E-state index in [0.717, 1.165) is 28.3 Å². The third-order valence-electron chi connectivity index (χ3n) is 4.25. The Hall–Kier alpha value is -3.07. The Balaban J connectivity index is 1.84. The maximum atomic E-state index is 12.6. The van der Waals surface area contributed by atoms with E-state index < -0.39 is 5.97 Å². The highest BCUT2D eigenvalue weighted by molar-refractivity contribution is 7.12. The van der Waals surface area contributed by atoms with Crippen molar-refractivity contribution in [3.05, 3.63) is 50.7 Å². The van der Waals surface area contributed by atoms with Crippen LogP contribution in [-0.4, -0.2) is 38.7 Å². The van der Waals surface area contributed by atoms with Gasteiger partial charge < -0.3 is 10.1 Å². The van der Waals surface area contributed by atoms with E-state index in [1.54, 1.807) is 16.1 Å². The van der Waals surface area contributed by atoms with E-state index >= 15 is 0 Å². The van der Waals surface area contributed by atoms with Gasteiger partial charge in [0.05, 0.1) is 24.9 Å². The first-order valence-electron chi connectivity index (χ1n) is 8.63. The van der Waals surface area contributed by atoms with Crippen molar-refractivity contribution in [3.8, 4) is 5.95 Å². The molecule has 0 bridgehead atoms. The molecular weight excluding hydrogens is 378 g/mol. The molecule has 0 fully saturated rings. The van der Waals surface area contributed by atoms with Gasteiger partial charge in [-0.05, 0) is 45.2 Å². The van der Waals surface area contributed by atoms with Crippen molar-refractivity contribution in [3.63, 3.8) is 0 Å². The maximum absolute atomic E-state index is 12.6. The fourth-order valence-corrected chi connectivity index (χ4v) is 3.71. The van der Waals surface area contributed by atoms with Crippen LogP contribution >= 0.6 is 11.3 Å². The second kappa shape index (κ2) is 7.89. The van der Waals surface area contributed by atoms with Crippen molar-refractivity contribution in [2.45, 2.75) is 34.1 Å². The van der Waals surface area contributed by atoms with E-state index in [2.05, 4.69) is 20.4 Å². The van der Waals surface area contributed by atoms with Gasteiger partial charge in [-0.25, -0.2) is 19.4 Å². The molecule has 1 amide bonds. The summed E-state index contributed by atoms with van der Waals surface area (Å²) in [6.07, 6.45) is 0.124. The van der Waals surface area contributed by atoms with E-state index in [9.17, 15) is 9.59 Å². The quantitative estimate of drug-likeness (QED) is 0.662. The molecular formula is C19H21N5O3S. The Labute approximate surface area is 166 Å². The number of ether oxygens (including phenoxy) is 1. The van der Waals surface area contributed by atoms with Gasteiger partial charge in [-0.15, -0.1) is 11.3 Å². The van der Waals surface area contributed by atoms with Crippen LogP contribution in [0.3, 0.4) is 0 Å². The minimum absolute atomic E-state index is 0.124. The molecule has 0 aromatic carbocycles. The molecule has 0 saturated heterocycles. The fourth-order valence-electron chi connectivity index (χ4n) is 2.94. The van der Waals surface area contributed by atoms with Crippen LogP contribution < -0.4 is 5.32 Å². The summed E-state index contributed by atoms with van der Waals surface area (Å²) in [6.45, 7) is 7.53. The van der Waals surface area contributed by atoms with E-state index in [4.69, 9.17) is 4.74 Å². The summed E-state index contributed by atoms with van der Waals surface area (Å²) in [5, 5.41) is 9.02. The number of thiophene rings is 1. The minimum atomic E-state index is -0.475. The highest BCUT2D eigenvalue weighted by Gasteiger charge is 2.20. The third kappa shape index (κ3) is 3.94. The lowest BCUT2D eigenvalue weighted by atomic mass is 10.1. The predicted molar refractivity (Wildman–Crippen MR) is 106 cm³/mol. The van der Waals surface area contributed by atoms with Gasteiger partial charge in [0.2, 0.25) is 5.91 Å². The lowest BCUT2D eigenvalue weighted by molar-refractivity contribution is -0.115. The zero-order valence-corrected chi connectivity index (χ0v) is 17.2. The summed E-state index contributed by atoms with van der Waals surface area (Å²) in [5.74, 6) is -0.233. The number of carbonyl (C=O) groups excluding carboxylic acids is 2. The Bertz CT molecular complexity index is 1030. The van der Waals surface area contributed by atoms with Gasteiger partial charge in [0, 0.05) is 22.6 Å². The summed E-state index contributed by atoms with van der Waals surface area (Å²) < 4.78 is 6.39. The van der Waals surface area contributed by atoms with E-state index in [1.165, 1.54) is 18.4 Å². The predicted octanol–water partition coefficient (Wildman–Crippen LogP) is 2.93. The van der Waals surface area contributed by atoms with Crippen LogP contribution in [0.5, 0.6) is 0 Å². The maximum Gasteiger partial charge on any atom is 0.350 e. The van der Waals surface area contributed by atoms with Crippen molar-refractivity contribution < 1.29 is 14.3 Å². The first-order chi connectivity index (χ1) is 13.3. The van der Waals surface area contributed by atoms with Crippen molar-refractivity contribution >= 4 is 28.9 Å². The van der Waals surface area contributed by atoms with Crippen LogP contribution in [0.15, 0.2) is 17.5 Å².